The smallest absolute Gasteiger partial charge is 0.237 e. The van der Waals surface area contributed by atoms with Crippen LogP contribution >= 0.6 is 0 Å². The van der Waals surface area contributed by atoms with Gasteiger partial charge in [-0.2, -0.15) is 0 Å². The summed E-state index contributed by atoms with van der Waals surface area (Å²) in [6.07, 6.45) is 3.48. The second-order valence-corrected chi connectivity index (χ2v) is 8.76. The quantitative estimate of drug-likeness (QED) is 0.791. The minimum Gasteiger partial charge on any atom is -0.353 e. The van der Waals surface area contributed by atoms with E-state index in [0.717, 1.165) is 25.8 Å². The van der Waals surface area contributed by atoms with E-state index in [1.54, 1.807) is 0 Å². The molecule has 0 saturated carbocycles. The summed E-state index contributed by atoms with van der Waals surface area (Å²) < 4.78 is 23.4. The molecule has 110 valence electrons. The number of sulfone groups is 1. The van der Waals surface area contributed by atoms with E-state index in [4.69, 9.17) is 0 Å². The van der Waals surface area contributed by atoms with Gasteiger partial charge in [0.25, 0.3) is 0 Å². The third-order valence-electron chi connectivity index (χ3n) is 4.36. The average molecular weight is 288 g/mol. The maximum atomic E-state index is 12.2. The average Bonchev–Trinajstić information content (AvgIpc) is 2.65. The number of hydrogen-bond acceptors (Lipinski definition) is 4. The number of nitrogens with one attached hydrogen (secondary N) is 2. The minimum atomic E-state index is -2.98. The molecule has 19 heavy (non-hydrogen) atoms. The summed E-state index contributed by atoms with van der Waals surface area (Å²) in [5, 5.41) is 5.68. The Hall–Kier alpha value is -0.620. The van der Waals surface area contributed by atoms with Crippen molar-refractivity contribution in [1.82, 2.24) is 10.6 Å². The van der Waals surface area contributed by atoms with Crippen molar-refractivity contribution < 1.29 is 13.2 Å². The van der Waals surface area contributed by atoms with Crippen LogP contribution in [0.25, 0.3) is 0 Å². The van der Waals surface area contributed by atoms with Gasteiger partial charge >= 0.3 is 0 Å². The van der Waals surface area contributed by atoms with Gasteiger partial charge in [0.2, 0.25) is 5.91 Å². The Bertz CT molecular complexity index is 445. The van der Waals surface area contributed by atoms with Crippen molar-refractivity contribution in [3.05, 3.63) is 0 Å². The summed E-state index contributed by atoms with van der Waals surface area (Å²) in [4.78, 5) is 12.2. The van der Waals surface area contributed by atoms with E-state index in [2.05, 4.69) is 24.5 Å². The summed E-state index contributed by atoms with van der Waals surface area (Å²) in [6, 6.07) is -0.217. The molecule has 2 saturated heterocycles. The molecule has 2 fully saturated rings. The van der Waals surface area contributed by atoms with Gasteiger partial charge in [-0.15, -0.1) is 0 Å². The first-order valence-electron chi connectivity index (χ1n) is 7.06. The van der Waals surface area contributed by atoms with Crippen molar-refractivity contribution in [3.8, 4) is 0 Å². The van der Waals surface area contributed by atoms with E-state index in [9.17, 15) is 13.2 Å². The number of piperidine rings is 1. The monoisotopic (exact) mass is 288 g/mol. The molecule has 0 radical (unpaired) electrons. The van der Waals surface area contributed by atoms with Crippen molar-refractivity contribution in [1.29, 1.82) is 0 Å². The molecule has 0 aromatic rings. The van der Waals surface area contributed by atoms with Crippen molar-refractivity contribution >= 4 is 15.7 Å². The Kier molecular flexibility index (Phi) is 4.20. The van der Waals surface area contributed by atoms with Gasteiger partial charge in [0.05, 0.1) is 17.0 Å². The van der Waals surface area contributed by atoms with Crippen LogP contribution in [-0.2, 0) is 14.6 Å². The molecule has 2 aliphatic rings. The fourth-order valence-corrected chi connectivity index (χ4v) is 4.83. The fraction of sp³-hybridized carbons (Fsp3) is 0.923. The molecular weight excluding hydrogens is 264 g/mol. The van der Waals surface area contributed by atoms with Gasteiger partial charge in [0.15, 0.2) is 9.84 Å². The molecule has 0 spiro atoms. The van der Waals surface area contributed by atoms with Crippen LogP contribution in [0, 0.1) is 5.41 Å². The Labute approximate surface area is 115 Å². The zero-order valence-electron chi connectivity index (χ0n) is 11.7. The lowest BCUT2D eigenvalue weighted by Crippen LogP contribution is -2.56. The number of hydrogen-bond donors (Lipinski definition) is 2. The normalized spacial score (nSPS) is 32.9. The summed E-state index contributed by atoms with van der Waals surface area (Å²) in [7, 11) is -2.98. The molecule has 2 rings (SSSR count). The molecule has 0 aromatic heterocycles. The number of rotatable bonds is 3. The minimum absolute atomic E-state index is 0.0631. The first kappa shape index (κ1) is 14.8. The molecule has 0 bridgehead atoms. The molecule has 0 aromatic carbocycles. The van der Waals surface area contributed by atoms with Gasteiger partial charge in [0.1, 0.15) is 0 Å². The molecule has 5 nitrogen and oxygen atoms in total. The van der Waals surface area contributed by atoms with Crippen LogP contribution in [0.15, 0.2) is 0 Å². The fourth-order valence-electron chi connectivity index (χ4n) is 3.06. The number of carbonyl (C=O) groups excluding carboxylic acids is 1. The van der Waals surface area contributed by atoms with Crippen molar-refractivity contribution in [2.45, 2.75) is 50.8 Å². The SMILES string of the molecule is CC1(C)CCCNC1C(=O)NCC1CCCS1(=O)=O. The summed E-state index contributed by atoms with van der Waals surface area (Å²) in [5.41, 5.74) is -0.0725. The topological polar surface area (TPSA) is 75.3 Å². The van der Waals surface area contributed by atoms with Crippen LogP contribution in [0.3, 0.4) is 0 Å². The molecule has 2 aliphatic heterocycles. The lowest BCUT2D eigenvalue weighted by atomic mass is 9.77. The Morgan fingerprint density at radius 2 is 2.11 bits per heavy atom. The Morgan fingerprint density at radius 1 is 1.37 bits per heavy atom. The van der Waals surface area contributed by atoms with Crippen molar-refractivity contribution in [2.24, 2.45) is 5.41 Å². The summed E-state index contributed by atoms with van der Waals surface area (Å²) >= 11 is 0. The standard InChI is InChI=1S/C13H24N2O3S/c1-13(2)6-4-7-14-11(13)12(16)15-9-10-5-3-8-19(10,17)18/h10-11,14H,3-9H2,1-2H3,(H,15,16). The van der Waals surface area contributed by atoms with Gasteiger partial charge in [0, 0.05) is 6.54 Å². The zero-order chi connectivity index (χ0) is 14.1. The molecule has 2 heterocycles. The van der Waals surface area contributed by atoms with Crippen LogP contribution in [0.5, 0.6) is 0 Å². The van der Waals surface area contributed by atoms with Crippen molar-refractivity contribution in [3.63, 3.8) is 0 Å². The van der Waals surface area contributed by atoms with Crippen LogP contribution in [0.2, 0.25) is 0 Å². The first-order chi connectivity index (χ1) is 8.83. The highest BCUT2D eigenvalue weighted by molar-refractivity contribution is 7.92. The third kappa shape index (κ3) is 3.28. The highest BCUT2D eigenvalue weighted by atomic mass is 32.2. The second-order valence-electron chi connectivity index (χ2n) is 6.36. The van der Waals surface area contributed by atoms with E-state index in [1.165, 1.54) is 0 Å². The van der Waals surface area contributed by atoms with E-state index < -0.39 is 9.84 Å². The molecule has 2 N–H and O–H groups in total. The molecule has 2 unspecified atom stereocenters. The van der Waals surface area contributed by atoms with Crippen LogP contribution in [0.4, 0.5) is 0 Å². The second kappa shape index (κ2) is 5.40. The molecule has 6 heteroatoms. The Balaban J connectivity index is 1.91. The number of amides is 1. The highest BCUT2D eigenvalue weighted by Crippen LogP contribution is 2.30. The van der Waals surface area contributed by atoms with E-state index in [1.807, 2.05) is 0 Å². The van der Waals surface area contributed by atoms with E-state index >= 15 is 0 Å². The maximum absolute atomic E-state index is 12.2. The highest BCUT2D eigenvalue weighted by Gasteiger charge is 2.38. The predicted octanol–water partition coefficient (Wildman–Crippen LogP) is 0.458. The molecule has 2 atom stereocenters. The summed E-state index contributed by atoms with van der Waals surface area (Å²) in [5.74, 6) is 0.201. The lowest BCUT2D eigenvalue weighted by molar-refractivity contribution is -0.126. The first-order valence-corrected chi connectivity index (χ1v) is 8.77. The lowest BCUT2D eigenvalue weighted by Gasteiger charge is -2.38. The Morgan fingerprint density at radius 3 is 2.68 bits per heavy atom. The summed E-state index contributed by atoms with van der Waals surface area (Å²) in [6.45, 7) is 5.27. The van der Waals surface area contributed by atoms with Crippen LogP contribution < -0.4 is 10.6 Å². The predicted molar refractivity (Wildman–Crippen MR) is 74.6 cm³/mol. The molecule has 1 amide bonds. The van der Waals surface area contributed by atoms with Gasteiger partial charge in [-0.3, -0.25) is 4.79 Å². The van der Waals surface area contributed by atoms with E-state index in [0.29, 0.717) is 6.42 Å². The van der Waals surface area contributed by atoms with Gasteiger partial charge in [-0.25, -0.2) is 8.42 Å². The van der Waals surface area contributed by atoms with Crippen LogP contribution in [0.1, 0.15) is 39.5 Å². The largest absolute Gasteiger partial charge is 0.353 e. The maximum Gasteiger partial charge on any atom is 0.237 e. The van der Waals surface area contributed by atoms with E-state index in [-0.39, 0.29) is 34.9 Å². The number of carbonyl (C=O) groups is 1. The van der Waals surface area contributed by atoms with Gasteiger partial charge in [-0.05, 0) is 37.6 Å². The molecular formula is C13H24N2O3S. The third-order valence-corrected chi connectivity index (χ3v) is 6.63. The zero-order valence-corrected chi connectivity index (χ0v) is 12.6. The van der Waals surface area contributed by atoms with Crippen molar-refractivity contribution in [2.75, 3.05) is 18.8 Å². The van der Waals surface area contributed by atoms with Gasteiger partial charge < -0.3 is 10.6 Å². The van der Waals surface area contributed by atoms with Crippen LogP contribution in [-0.4, -0.2) is 44.5 Å². The molecule has 0 aliphatic carbocycles. The van der Waals surface area contributed by atoms with Gasteiger partial charge in [-0.1, -0.05) is 13.8 Å².